The summed E-state index contributed by atoms with van der Waals surface area (Å²) in [7, 11) is 0. The summed E-state index contributed by atoms with van der Waals surface area (Å²) in [5, 5.41) is 0. The quantitative estimate of drug-likeness (QED) is 0.710. The van der Waals surface area contributed by atoms with Crippen LogP contribution in [-0.2, 0) is 0 Å². The first-order valence-electron chi connectivity index (χ1n) is 8.12. The third-order valence-electron chi connectivity index (χ3n) is 4.32. The lowest BCUT2D eigenvalue weighted by atomic mass is 9.95. The minimum atomic E-state index is 0.341. The fourth-order valence-corrected chi connectivity index (χ4v) is 3.00. The van der Waals surface area contributed by atoms with E-state index in [1.807, 2.05) is 0 Å². The molecule has 0 saturated carbocycles. The fraction of sp³-hybridized carbons (Fsp3) is 0.238. The third kappa shape index (κ3) is 2.99. The molecule has 112 valence electrons. The van der Waals surface area contributed by atoms with Crippen LogP contribution in [0.5, 0.6) is 0 Å². The van der Waals surface area contributed by atoms with Gasteiger partial charge in [-0.15, -0.1) is 0 Å². The molecule has 1 heteroatoms. The van der Waals surface area contributed by atoms with Crippen molar-refractivity contribution in [1.82, 2.24) is 4.90 Å². The van der Waals surface area contributed by atoms with E-state index in [-0.39, 0.29) is 0 Å². The Morgan fingerprint density at radius 2 is 1.68 bits per heavy atom. The summed E-state index contributed by atoms with van der Waals surface area (Å²) in [6.45, 7) is 5.45. The zero-order valence-corrected chi connectivity index (χ0v) is 13.4. The summed E-state index contributed by atoms with van der Waals surface area (Å²) >= 11 is 0. The summed E-state index contributed by atoms with van der Waals surface area (Å²) < 4.78 is 0. The molecule has 2 aromatic rings. The molecule has 0 radical (unpaired) electrons. The molecule has 1 nitrogen and oxygen atoms in total. The lowest BCUT2D eigenvalue weighted by Crippen LogP contribution is -2.24. The number of allylic oxidation sites excluding steroid dienone is 2. The molecule has 0 fully saturated rings. The number of likely N-dealkylation sites (N-methyl/N-ethyl adjacent to an activating group) is 1. The van der Waals surface area contributed by atoms with Gasteiger partial charge < -0.3 is 4.90 Å². The number of hydrogen-bond acceptors (Lipinski definition) is 1. The standard InChI is InChI=1S/C21H23N/c1-3-17-13-14-22(4-2)21(15-17)20-12-8-11-19(16-20)18-9-6-5-7-10-18/h5-16,21H,3-4H2,1-2H3. The van der Waals surface area contributed by atoms with Crippen LogP contribution < -0.4 is 0 Å². The monoisotopic (exact) mass is 289 g/mol. The lowest BCUT2D eigenvalue weighted by molar-refractivity contribution is 0.335. The van der Waals surface area contributed by atoms with Crippen LogP contribution in [0.3, 0.4) is 0 Å². The molecule has 0 aliphatic carbocycles. The van der Waals surface area contributed by atoms with E-state index in [0.29, 0.717) is 6.04 Å². The van der Waals surface area contributed by atoms with Gasteiger partial charge in [-0.1, -0.05) is 61.5 Å². The zero-order chi connectivity index (χ0) is 15.4. The summed E-state index contributed by atoms with van der Waals surface area (Å²) in [6, 6.07) is 19.9. The second-order valence-electron chi connectivity index (χ2n) is 5.68. The number of nitrogens with zero attached hydrogens (tertiary/aromatic N) is 1. The van der Waals surface area contributed by atoms with Crippen LogP contribution in [0.1, 0.15) is 31.9 Å². The van der Waals surface area contributed by atoms with Crippen LogP contribution in [0.4, 0.5) is 0 Å². The van der Waals surface area contributed by atoms with Gasteiger partial charge in [-0.3, -0.25) is 0 Å². The van der Waals surface area contributed by atoms with E-state index in [1.54, 1.807) is 0 Å². The third-order valence-corrected chi connectivity index (χ3v) is 4.32. The van der Waals surface area contributed by atoms with Crippen molar-refractivity contribution in [2.24, 2.45) is 0 Å². The van der Waals surface area contributed by atoms with Gasteiger partial charge in [0.25, 0.3) is 0 Å². The summed E-state index contributed by atoms with van der Waals surface area (Å²) in [4.78, 5) is 2.39. The highest BCUT2D eigenvalue weighted by Gasteiger charge is 2.18. The molecule has 2 aromatic carbocycles. The molecule has 1 unspecified atom stereocenters. The highest BCUT2D eigenvalue weighted by atomic mass is 15.1. The Balaban J connectivity index is 1.97. The average Bonchev–Trinajstić information content (AvgIpc) is 2.62. The molecule has 0 N–H and O–H groups in total. The van der Waals surface area contributed by atoms with Crippen molar-refractivity contribution in [2.45, 2.75) is 26.3 Å². The second-order valence-corrected chi connectivity index (χ2v) is 5.68. The van der Waals surface area contributed by atoms with Crippen molar-refractivity contribution in [3.05, 3.63) is 84.1 Å². The van der Waals surface area contributed by atoms with Gasteiger partial charge in [0.15, 0.2) is 0 Å². The van der Waals surface area contributed by atoms with Gasteiger partial charge in [0.1, 0.15) is 0 Å². The first-order valence-corrected chi connectivity index (χ1v) is 8.12. The molecule has 0 spiro atoms. The van der Waals surface area contributed by atoms with E-state index >= 15 is 0 Å². The van der Waals surface area contributed by atoms with Gasteiger partial charge in [-0.05, 0) is 47.8 Å². The van der Waals surface area contributed by atoms with Crippen LogP contribution in [0, 0.1) is 0 Å². The maximum Gasteiger partial charge on any atom is 0.0726 e. The smallest absolute Gasteiger partial charge is 0.0726 e. The van der Waals surface area contributed by atoms with Crippen molar-refractivity contribution in [2.75, 3.05) is 6.54 Å². The lowest BCUT2D eigenvalue weighted by Gasteiger charge is -2.31. The number of hydrogen-bond donors (Lipinski definition) is 0. The van der Waals surface area contributed by atoms with Crippen LogP contribution >= 0.6 is 0 Å². The average molecular weight is 289 g/mol. The molecular formula is C21H23N. The Labute approximate surface area is 133 Å². The Morgan fingerprint density at radius 3 is 2.41 bits per heavy atom. The largest absolute Gasteiger partial charge is 0.367 e. The van der Waals surface area contributed by atoms with Crippen molar-refractivity contribution < 1.29 is 0 Å². The number of benzene rings is 2. The maximum absolute atomic E-state index is 2.40. The predicted molar refractivity (Wildman–Crippen MR) is 94.5 cm³/mol. The van der Waals surface area contributed by atoms with Gasteiger partial charge in [0, 0.05) is 12.7 Å². The van der Waals surface area contributed by atoms with Crippen LogP contribution in [0.25, 0.3) is 11.1 Å². The second kappa shape index (κ2) is 6.65. The molecule has 1 heterocycles. The van der Waals surface area contributed by atoms with Crippen LogP contribution in [0.15, 0.2) is 78.5 Å². The van der Waals surface area contributed by atoms with Crippen molar-refractivity contribution in [3.8, 4) is 11.1 Å². The SMILES string of the molecule is CCC1=CC(c2cccc(-c3ccccc3)c2)N(CC)C=C1. The van der Waals surface area contributed by atoms with Gasteiger partial charge in [-0.2, -0.15) is 0 Å². The van der Waals surface area contributed by atoms with Crippen molar-refractivity contribution in [1.29, 1.82) is 0 Å². The van der Waals surface area contributed by atoms with Crippen molar-refractivity contribution >= 4 is 0 Å². The minimum absolute atomic E-state index is 0.341. The Morgan fingerprint density at radius 1 is 0.909 bits per heavy atom. The first kappa shape index (κ1) is 14.6. The zero-order valence-electron chi connectivity index (χ0n) is 13.4. The molecule has 0 aromatic heterocycles. The summed E-state index contributed by atoms with van der Waals surface area (Å²) in [5.74, 6) is 0. The number of rotatable bonds is 4. The van der Waals surface area contributed by atoms with E-state index < -0.39 is 0 Å². The van der Waals surface area contributed by atoms with Gasteiger partial charge in [0.2, 0.25) is 0 Å². The highest BCUT2D eigenvalue weighted by Crippen LogP contribution is 2.31. The van der Waals surface area contributed by atoms with Crippen molar-refractivity contribution in [3.63, 3.8) is 0 Å². The molecule has 1 atom stereocenters. The Bertz CT molecular complexity index is 682. The first-order chi connectivity index (χ1) is 10.8. The van der Waals surface area contributed by atoms with E-state index in [1.165, 1.54) is 22.3 Å². The predicted octanol–water partition coefficient (Wildman–Crippen LogP) is 5.58. The molecular weight excluding hydrogens is 266 g/mol. The van der Waals surface area contributed by atoms with E-state index in [9.17, 15) is 0 Å². The van der Waals surface area contributed by atoms with Gasteiger partial charge >= 0.3 is 0 Å². The van der Waals surface area contributed by atoms with Crippen LogP contribution in [-0.4, -0.2) is 11.4 Å². The Hall–Kier alpha value is -2.28. The molecule has 0 saturated heterocycles. The molecule has 22 heavy (non-hydrogen) atoms. The minimum Gasteiger partial charge on any atom is -0.367 e. The normalized spacial score (nSPS) is 17.5. The molecule has 0 amide bonds. The highest BCUT2D eigenvalue weighted by molar-refractivity contribution is 5.64. The molecule has 3 rings (SSSR count). The van der Waals surface area contributed by atoms with Gasteiger partial charge in [0.05, 0.1) is 6.04 Å². The molecule has 1 aliphatic rings. The fourth-order valence-electron chi connectivity index (χ4n) is 3.00. The van der Waals surface area contributed by atoms with E-state index in [0.717, 1.165) is 13.0 Å². The molecule has 0 bridgehead atoms. The van der Waals surface area contributed by atoms with Crippen LogP contribution in [0.2, 0.25) is 0 Å². The summed E-state index contributed by atoms with van der Waals surface area (Å²) in [6.07, 6.45) is 7.95. The maximum atomic E-state index is 2.40. The topological polar surface area (TPSA) is 3.24 Å². The summed E-state index contributed by atoms with van der Waals surface area (Å²) in [5.41, 5.74) is 5.34. The molecule has 1 aliphatic heterocycles. The Kier molecular flexibility index (Phi) is 4.43. The van der Waals surface area contributed by atoms with Gasteiger partial charge in [-0.25, -0.2) is 0 Å². The van der Waals surface area contributed by atoms with E-state index in [4.69, 9.17) is 0 Å². The van der Waals surface area contributed by atoms with E-state index in [2.05, 4.69) is 91.7 Å².